The second-order valence-electron chi connectivity index (χ2n) is 8.87. The van der Waals surface area contributed by atoms with Gasteiger partial charge in [-0.1, -0.05) is 30.3 Å². The molecular formula is C26H33ClN6O8. The van der Waals surface area contributed by atoms with Gasteiger partial charge in [0.1, 0.15) is 17.6 Å². The third kappa shape index (κ3) is 9.90. The van der Waals surface area contributed by atoms with Crippen LogP contribution < -0.4 is 10.6 Å². The molecule has 15 heteroatoms. The summed E-state index contributed by atoms with van der Waals surface area (Å²) >= 11 is 0. The zero-order valence-corrected chi connectivity index (χ0v) is 23.3. The van der Waals surface area contributed by atoms with E-state index in [4.69, 9.17) is 9.84 Å². The number of amides is 3. The number of carboxylic acid groups (broad SMARTS) is 2. The maximum Gasteiger partial charge on any atom is 0.409 e. The fraction of sp³-hybridized carbons (Fsp3) is 0.423. The van der Waals surface area contributed by atoms with E-state index in [0.29, 0.717) is 5.56 Å². The Balaban J connectivity index is 0.00000588. The number of hydrogen-bond acceptors (Lipinski definition) is 9. The predicted molar refractivity (Wildman–Crippen MR) is 149 cm³/mol. The molecule has 4 N–H and O–H groups in total. The van der Waals surface area contributed by atoms with Crippen LogP contribution in [-0.2, 0) is 19.1 Å². The largest absolute Gasteiger partial charge is 0.481 e. The van der Waals surface area contributed by atoms with Gasteiger partial charge in [0.15, 0.2) is 5.82 Å². The first-order valence-electron chi connectivity index (χ1n) is 12.8. The summed E-state index contributed by atoms with van der Waals surface area (Å²) in [6, 6.07) is 9.01. The van der Waals surface area contributed by atoms with Crippen molar-refractivity contribution in [3.05, 3.63) is 42.1 Å². The number of aromatic nitrogens is 2. The molecule has 0 radical (unpaired) electrons. The zero-order chi connectivity index (χ0) is 29.1. The summed E-state index contributed by atoms with van der Waals surface area (Å²) < 4.78 is 4.99. The van der Waals surface area contributed by atoms with Gasteiger partial charge in [0, 0.05) is 50.8 Å². The molecule has 41 heavy (non-hydrogen) atoms. The van der Waals surface area contributed by atoms with Crippen molar-refractivity contribution < 1.29 is 38.9 Å². The Kier molecular flexibility index (Phi) is 12.7. The zero-order valence-electron chi connectivity index (χ0n) is 22.4. The highest BCUT2D eigenvalue weighted by atomic mass is 35.5. The van der Waals surface area contributed by atoms with Crippen LogP contribution in [0.25, 0.3) is 11.4 Å². The number of ether oxygens (including phenoxy) is 1. The second kappa shape index (κ2) is 16.0. The summed E-state index contributed by atoms with van der Waals surface area (Å²) in [5.41, 5.74) is 0.517. The lowest BCUT2D eigenvalue weighted by atomic mass is 10.1. The fourth-order valence-electron chi connectivity index (χ4n) is 3.97. The molecule has 1 saturated heterocycles. The van der Waals surface area contributed by atoms with Gasteiger partial charge < -0.3 is 35.4 Å². The van der Waals surface area contributed by atoms with E-state index in [0.717, 1.165) is 0 Å². The van der Waals surface area contributed by atoms with Gasteiger partial charge >= 0.3 is 18.0 Å². The predicted octanol–water partition coefficient (Wildman–Crippen LogP) is 1.72. The van der Waals surface area contributed by atoms with Crippen molar-refractivity contribution in [1.29, 1.82) is 0 Å². The Morgan fingerprint density at radius 1 is 0.951 bits per heavy atom. The molecule has 1 atom stereocenters. The third-order valence-corrected chi connectivity index (χ3v) is 6.00. The monoisotopic (exact) mass is 592 g/mol. The molecule has 0 spiro atoms. The summed E-state index contributed by atoms with van der Waals surface area (Å²) in [5, 5.41) is 23.6. The van der Waals surface area contributed by atoms with Crippen molar-refractivity contribution in [3.63, 3.8) is 0 Å². The number of nitrogens with zero attached hydrogens (tertiary/aromatic N) is 4. The molecule has 1 aliphatic heterocycles. The minimum atomic E-state index is -1.16. The molecule has 2 heterocycles. The van der Waals surface area contributed by atoms with E-state index in [1.807, 2.05) is 0 Å². The normalized spacial score (nSPS) is 13.4. The number of carboxylic acids is 2. The fourth-order valence-corrected chi connectivity index (χ4v) is 3.97. The van der Waals surface area contributed by atoms with Gasteiger partial charge in [0.25, 0.3) is 5.91 Å². The highest BCUT2D eigenvalue weighted by Crippen LogP contribution is 2.18. The van der Waals surface area contributed by atoms with Crippen LogP contribution in [0.4, 0.5) is 10.6 Å². The molecular weight excluding hydrogens is 560 g/mol. The average molecular weight is 593 g/mol. The van der Waals surface area contributed by atoms with Gasteiger partial charge in [0.05, 0.1) is 13.0 Å². The van der Waals surface area contributed by atoms with Gasteiger partial charge in [-0.3, -0.25) is 19.2 Å². The lowest BCUT2D eigenvalue weighted by molar-refractivity contribution is -0.139. The number of carbonyl (C=O) groups is 5. The van der Waals surface area contributed by atoms with Crippen molar-refractivity contribution in [2.45, 2.75) is 32.2 Å². The summed E-state index contributed by atoms with van der Waals surface area (Å²) in [6.45, 7) is 2.85. The number of benzene rings is 1. The number of carbonyl (C=O) groups excluding carboxylic acids is 3. The molecule has 14 nitrogen and oxygen atoms in total. The van der Waals surface area contributed by atoms with Crippen LogP contribution in [-0.4, -0.2) is 105 Å². The lowest BCUT2D eigenvalue weighted by Gasteiger charge is -2.35. The van der Waals surface area contributed by atoms with E-state index in [1.54, 1.807) is 37.3 Å². The van der Waals surface area contributed by atoms with Crippen LogP contribution in [0.15, 0.2) is 36.4 Å². The third-order valence-electron chi connectivity index (χ3n) is 6.00. The Bertz CT molecular complexity index is 1220. The maximum atomic E-state index is 13.3. The number of anilines is 1. The van der Waals surface area contributed by atoms with Crippen LogP contribution in [0, 0.1) is 0 Å². The number of hydrogen-bond donors (Lipinski definition) is 4. The van der Waals surface area contributed by atoms with Gasteiger partial charge in [-0.25, -0.2) is 14.8 Å². The minimum absolute atomic E-state index is 0. The van der Waals surface area contributed by atoms with Crippen LogP contribution in [0.2, 0.25) is 0 Å². The first-order valence-corrected chi connectivity index (χ1v) is 12.8. The summed E-state index contributed by atoms with van der Waals surface area (Å²) in [6.07, 6.45) is -1.17. The molecule has 3 amide bonds. The van der Waals surface area contributed by atoms with Gasteiger partial charge in [-0.15, -0.1) is 12.4 Å². The summed E-state index contributed by atoms with van der Waals surface area (Å²) in [4.78, 5) is 72.4. The van der Waals surface area contributed by atoms with Crippen LogP contribution in [0.1, 0.15) is 36.7 Å². The molecule has 2 aromatic rings. The highest BCUT2D eigenvalue weighted by Gasteiger charge is 2.31. The molecule has 0 unspecified atom stereocenters. The van der Waals surface area contributed by atoms with Gasteiger partial charge in [0.2, 0.25) is 5.91 Å². The Morgan fingerprint density at radius 3 is 2.20 bits per heavy atom. The SMILES string of the molecule is CCOC(=O)N1CCN(C(=O)[C@H](CCC(=O)O)NC(=O)c2cc(NCCC(=O)O)nc(-c3ccccc3)n2)CC1.Cl. The van der Waals surface area contributed by atoms with Crippen molar-refractivity contribution in [2.75, 3.05) is 44.6 Å². The van der Waals surface area contributed by atoms with Crippen molar-refractivity contribution in [2.24, 2.45) is 0 Å². The van der Waals surface area contributed by atoms with E-state index in [-0.39, 0.29) is 88.3 Å². The van der Waals surface area contributed by atoms with Gasteiger partial charge in [-0.05, 0) is 13.3 Å². The number of rotatable bonds is 12. The summed E-state index contributed by atoms with van der Waals surface area (Å²) in [7, 11) is 0. The molecule has 0 bridgehead atoms. The van der Waals surface area contributed by atoms with E-state index >= 15 is 0 Å². The topological polar surface area (TPSA) is 191 Å². The Labute approximate surface area is 242 Å². The Hall–Kier alpha value is -4.46. The standard InChI is InChI=1S/C26H32N6O8.ClH/c1-2-40-26(39)32-14-12-31(13-15-32)25(38)18(8-9-21(33)34)29-24(37)19-16-20(27-11-10-22(35)36)30-23(28-19)17-6-4-3-5-7-17;/h3-7,16,18H,2,8-15H2,1H3,(H,29,37)(H,33,34)(H,35,36)(H,27,28,30);1H/t18-;/m0./s1. The molecule has 3 rings (SSSR count). The van der Waals surface area contributed by atoms with Crippen LogP contribution in [0.3, 0.4) is 0 Å². The minimum Gasteiger partial charge on any atom is -0.481 e. The number of piperazine rings is 1. The van der Waals surface area contributed by atoms with E-state index in [2.05, 4.69) is 20.6 Å². The lowest BCUT2D eigenvalue weighted by Crippen LogP contribution is -2.56. The molecule has 1 aliphatic rings. The van der Waals surface area contributed by atoms with Crippen LogP contribution in [0.5, 0.6) is 0 Å². The summed E-state index contributed by atoms with van der Waals surface area (Å²) in [5.74, 6) is -2.92. The molecule has 0 saturated carbocycles. The van der Waals surface area contributed by atoms with Gasteiger partial charge in [-0.2, -0.15) is 0 Å². The van der Waals surface area contributed by atoms with Crippen molar-refractivity contribution in [1.82, 2.24) is 25.1 Å². The quantitative estimate of drug-likeness (QED) is 0.280. The van der Waals surface area contributed by atoms with E-state index in [1.165, 1.54) is 15.9 Å². The number of halogens is 1. The smallest absolute Gasteiger partial charge is 0.409 e. The van der Waals surface area contributed by atoms with Crippen molar-refractivity contribution >= 4 is 48.1 Å². The first-order chi connectivity index (χ1) is 19.2. The molecule has 1 fully saturated rings. The molecule has 1 aromatic carbocycles. The van der Waals surface area contributed by atoms with Crippen LogP contribution >= 0.6 is 12.4 Å². The van der Waals surface area contributed by atoms with Crippen molar-refractivity contribution in [3.8, 4) is 11.4 Å². The maximum absolute atomic E-state index is 13.3. The number of aliphatic carboxylic acids is 2. The Morgan fingerprint density at radius 2 is 1.59 bits per heavy atom. The first kappa shape index (κ1) is 32.8. The number of nitrogens with one attached hydrogen (secondary N) is 2. The molecule has 0 aliphatic carbocycles. The highest BCUT2D eigenvalue weighted by molar-refractivity contribution is 5.97. The second-order valence-corrected chi connectivity index (χ2v) is 8.87. The molecule has 222 valence electrons. The average Bonchev–Trinajstić information content (AvgIpc) is 2.95. The van der Waals surface area contributed by atoms with E-state index in [9.17, 15) is 29.1 Å². The molecule has 1 aromatic heterocycles. The van der Waals surface area contributed by atoms with E-state index < -0.39 is 35.9 Å².